The van der Waals surface area contributed by atoms with Crippen molar-refractivity contribution in [2.24, 2.45) is 0 Å². The van der Waals surface area contributed by atoms with Gasteiger partial charge in [0.05, 0.1) is 19.6 Å². The van der Waals surface area contributed by atoms with Crippen molar-refractivity contribution >= 4 is 5.91 Å². The second-order valence-corrected chi connectivity index (χ2v) is 8.13. The van der Waals surface area contributed by atoms with Gasteiger partial charge in [0.2, 0.25) is 5.91 Å². The van der Waals surface area contributed by atoms with E-state index >= 15 is 0 Å². The summed E-state index contributed by atoms with van der Waals surface area (Å²) in [6.07, 6.45) is 0.267. The monoisotopic (exact) mass is 451 g/mol. The van der Waals surface area contributed by atoms with Crippen LogP contribution in [0.2, 0.25) is 0 Å². The molecule has 4 heteroatoms. The van der Waals surface area contributed by atoms with Crippen molar-refractivity contribution in [2.45, 2.75) is 18.4 Å². The lowest BCUT2D eigenvalue weighted by molar-refractivity contribution is -0.122. The van der Waals surface area contributed by atoms with Gasteiger partial charge in [0.25, 0.3) is 0 Å². The molecule has 0 saturated heterocycles. The van der Waals surface area contributed by atoms with Crippen LogP contribution in [0, 0.1) is 0 Å². The summed E-state index contributed by atoms with van der Waals surface area (Å²) in [7, 11) is 3.23. The van der Waals surface area contributed by atoms with Crippen LogP contribution in [0.4, 0.5) is 0 Å². The first-order valence-electron chi connectivity index (χ1n) is 11.3. The summed E-state index contributed by atoms with van der Waals surface area (Å²) in [5.74, 6) is 1.35. The molecule has 0 bridgehead atoms. The average molecular weight is 452 g/mol. The molecule has 34 heavy (non-hydrogen) atoms. The molecule has 4 rings (SSSR count). The number of amides is 1. The van der Waals surface area contributed by atoms with Crippen molar-refractivity contribution < 1.29 is 14.3 Å². The highest BCUT2D eigenvalue weighted by molar-refractivity contribution is 5.80. The standard InChI is InChI=1S/C30H29NO3/c1-33-27-19-18-23(28(20-27)34-2)22-31-29(32)21-30(24-12-6-3-7-13-24,25-14-8-4-9-15-25)26-16-10-5-11-17-26/h3-20H,21-22H2,1-2H3,(H,31,32). The molecule has 1 amide bonds. The Bertz CT molecular complexity index is 1110. The number of hydrogen-bond donors (Lipinski definition) is 1. The molecular weight excluding hydrogens is 422 g/mol. The van der Waals surface area contributed by atoms with E-state index in [0.717, 1.165) is 22.3 Å². The number of ether oxygens (including phenoxy) is 2. The van der Waals surface area contributed by atoms with Gasteiger partial charge in [-0.15, -0.1) is 0 Å². The maximum Gasteiger partial charge on any atom is 0.221 e. The molecule has 0 spiro atoms. The minimum Gasteiger partial charge on any atom is -0.497 e. The highest BCUT2D eigenvalue weighted by atomic mass is 16.5. The predicted octanol–water partition coefficient (Wildman–Crippen LogP) is 5.74. The van der Waals surface area contributed by atoms with Gasteiger partial charge in [-0.2, -0.15) is 0 Å². The summed E-state index contributed by atoms with van der Waals surface area (Å²) in [4.78, 5) is 13.5. The maximum absolute atomic E-state index is 13.5. The van der Waals surface area contributed by atoms with E-state index in [-0.39, 0.29) is 12.3 Å². The fourth-order valence-corrected chi connectivity index (χ4v) is 4.47. The first-order chi connectivity index (χ1) is 16.7. The smallest absolute Gasteiger partial charge is 0.221 e. The minimum absolute atomic E-state index is 0.0468. The molecule has 0 heterocycles. The molecule has 0 fully saturated rings. The number of hydrogen-bond acceptors (Lipinski definition) is 3. The second kappa shape index (κ2) is 10.7. The van der Waals surface area contributed by atoms with Gasteiger partial charge in [0.1, 0.15) is 11.5 Å². The molecule has 0 aromatic heterocycles. The van der Waals surface area contributed by atoms with E-state index in [0.29, 0.717) is 18.0 Å². The number of rotatable bonds is 9. The molecule has 0 aliphatic rings. The number of carbonyl (C=O) groups is 1. The zero-order chi connectivity index (χ0) is 23.8. The van der Waals surface area contributed by atoms with Crippen LogP contribution in [0.1, 0.15) is 28.7 Å². The van der Waals surface area contributed by atoms with E-state index in [1.54, 1.807) is 14.2 Å². The fraction of sp³-hybridized carbons (Fsp3) is 0.167. The number of carbonyl (C=O) groups excluding carboxylic acids is 1. The van der Waals surface area contributed by atoms with Crippen molar-refractivity contribution in [2.75, 3.05) is 14.2 Å². The molecule has 4 aromatic rings. The van der Waals surface area contributed by atoms with Gasteiger partial charge in [-0.1, -0.05) is 91.0 Å². The highest BCUT2D eigenvalue weighted by Crippen LogP contribution is 2.42. The normalized spacial score (nSPS) is 11.0. The van der Waals surface area contributed by atoms with Crippen molar-refractivity contribution in [1.82, 2.24) is 5.32 Å². The van der Waals surface area contributed by atoms with Crippen LogP contribution in [-0.2, 0) is 16.8 Å². The topological polar surface area (TPSA) is 47.6 Å². The third kappa shape index (κ3) is 4.81. The lowest BCUT2D eigenvalue weighted by atomic mass is 9.67. The van der Waals surface area contributed by atoms with Crippen molar-refractivity contribution in [1.29, 1.82) is 0 Å². The summed E-state index contributed by atoms with van der Waals surface area (Å²) in [5.41, 5.74) is 3.48. The summed E-state index contributed by atoms with van der Waals surface area (Å²) in [5, 5.41) is 3.12. The van der Waals surface area contributed by atoms with Crippen LogP contribution in [0.15, 0.2) is 109 Å². The summed E-state index contributed by atoms with van der Waals surface area (Å²) < 4.78 is 10.8. The number of nitrogens with one attached hydrogen (secondary N) is 1. The lowest BCUT2D eigenvalue weighted by Crippen LogP contribution is -2.37. The zero-order valence-electron chi connectivity index (χ0n) is 19.5. The molecule has 0 atom stereocenters. The van der Waals surface area contributed by atoms with E-state index in [2.05, 4.69) is 41.7 Å². The quantitative estimate of drug-likeness (QED) is 0.330. The summed E-state index contributed by atoms with van der Waals surface area (Å²) in [6.45, 7) is 0.362. The molecule has 1 N–H and O–H groups in total. The minimum atomic E-state index is -0.627. The fourth-order valence-electron chi connectivity index (χ4n) is 4.47. The molecule has 172 valence electrons. The van der Waals surface area contributed by atoms with Gasteiger partial charge in [0, 0.05) is 24.6 Å². The Kier molecular flexibility index (Phi) is 7.28. The van der Waals surface area contributed by atoms with Crippen LogP contribution in [-0.4, -0.2) is 20.1 Å². The second-order valence-electron chi connectivity index (χ2n) is 8.13. The largest absolute Gasteiger partial charge is 0.497 e. The van der Waals surface area contributed by atoms with E-state index in [1.165, 1.54) is 0 Å². The Labute approximate surface area is 201 Å². The molecule has 0 unspecified atom stereocenters. The first-order valence-corrected chi connectivity index (χ1v) is 11.3. The molecule has 0 aliphatic carbocycles. The summed E-state index contributed by atoms with van der Waals surface area (Å²) >= 11 is 0. The molecule has 0 saturated carbocycles. The van der Waals surface area contributed by atoms with Crippen molar-refractivity contribution in [3.63, 3.8) is 0 Å². The van der Waals surface area contributed by atoms with Crippen LogP contribution in [0.25, 0.3) is 0 Å². The van der Waals surface area contributed by atoms with Gasteiger partial charge < -0.3 is 14.8 Å². The Morgan fingerprint density at radius 3 is 1.65 bits per heavy atom. The Balaban J connectivity index is 1.70. The van der Waals surface area contributed by atoms with E-state index < -0.39 is 5.41 Å². The first kappa shape index (κ1) is 23.1. The molecule has 0 aliphatic heterocycles. The SMILES string of the molecule is COc1ccc(CNC(=O)CC(c2ccccc2)(c2ccccc2)c2ccccc2)c(OC)c1. The summed E-state index contributed by atoms with van der Waals surface area (Å²) in [6, 6.07) is 36.3. The lowest BCUT2D eigenvalue weighted by Gasteiger charge is -2.35. The third-order valence-corrected chi connectivity index (χ3v) is 6.20. The third-order valence-electron chi connectivity index (χ3n) is 6.20. The molecule has 4 nitrogen and oxygen atoms in total. The van der Waals surface area contributed by atoms with Gasteiger partial charge in [-0.25, -0.2) is 0 Å². The van der Waals surface area contributed by atoms with Crippen molar-refractivity contribution in [3.05, 3.63) is 131 Å². The maximum atomic E-state index is 13.5. The van der Waals surface area contributed by atoms with Crippen LogP contribution in [0.5, 0.6) is 11.5 Å². The van der Waals surface area contributed by atoms with Crippen molar-refractivity contribution in [3.8, 4) is 11.5 Å². The van der Waals surface area contributed by atoms with E-state index in [9.17, 15) is 4.79 Å². The number of methoxy groups -OCH3 is 2. The Morgan fingerprint density at radius 2 is 1.21 bits per heavy atom. The Morgan fingerprint density at radius 1 is 0.706 bits per heavy atom. The zero-order valence-corrected chi connectivity index (χ0v) is 19.5. The van der Waals surface area contributed by atoms with Gasteiger partial charge in [-0.05, 0) is 28.8 Å². The molecule has 0 radical (unpaired) electrons. The van der Waals surface area contributed by atoms with Gasteiger partial charge in [0.15, 0.2) is 0 Å². The molecule has 4 aromatic carbocycles. The Hall–Kier alpha value is -4.05. The van der Waals surface area contributed by atoms with Gasteiger partial charge >= 0.3 is 0 Å². The van der Waals surface area contributed by atoms with Gasteiger partial charge in [-0.3, -0.25) is 4.79 Å². The average Bonchev–Trinajstić information content (AvgIpc) is 2.92. The van der Waals surface area contributed by atoms with E-state index in [1.807, 2.05) is 72.8 Å². The highest BCUT2D eigenvalue weighted by Gasteiger charge is 2.38. The van der Waals surface area contributed by atoms with Crippen LogP contribution < -0.4 is 14.8 Å². The molecular formula is C30H29NO3. The van der Waals surface area contributed by atoms with E-state index in [4.69, 9.17) is 9.47 Å². The number of benzene rings is 4. The predicted molar refractivity (Wildman–Crippen MR) is 135 cm³/mol. The van der Waals surface area contributed by atoms with Crippen LogP contribution >= 0.6 is 0 Å². The van der Waals surface area contributed by atoms with Crippen LogP contribution in [0.3, 0.4) is 0 Å².